The molecule has 0 saturated heterocycles. The van der Waals surface area contributed by atoms with Gasteiger partial charge in [-0.15, -0.1) is 4.91 Å². The van der Waals surface area contributed by atoms with Gasteiger partial charge >= 0.3 is 0 Å². The molecule has 12 heavy (non-hydrogen) atoms. The zero-order valence-electron chi connectivity index (χ0n) is 6.05. The molecular formula is C7H6BrClN2O. The van der Waals surface area contributed by atoms with Crippen molar-refractivity contribution >= 4 is 27.5 Å². The average molecular weight is 249 g/mol. The predicted octanol–water partition coefficient (Wildman–Crippen LogP) is 2.87. The van der Waals surface area contributed by atoms with E-state index >= 15 is 0 Å². The molecule has 0 saturated carbocycles. The molecule has 5 heteroatoms. The molecule has 0 aliphatic rings. The largest absolute Gasteiger partial charge is 0.269 e. The minimum Gasteiger partial charge on any atom is -0.269 e. The van der Waals surface area contributed by atoms with Crippen molar-refractivity contribution in [3.63, 3.8) is 0 Å². The number of hydrogen-bond donors (Lipinski definition) is 1. The van der Waals surface area contributed by atoms with Crippen LogP contribution in [0.4, 0.5) is 0 Å². The lowest BCUT2D eigenvalue weighted by atomic mass is 10.2. The molecule has 0 spiro atoms. The number of hydrogen-bond acceptors (Lipinski definition) is 2. The van der Waals surface area contributed by atoms with Gasteiger partial charge in [0.2, 0.25) is 0 Å². The standard InChI is InChI=1S/C7H6BrClN2O/c8-6-2-1-5(3-7(6)9)4-10-11-12/h1-3H,4H2,(H,10,12). The van der Waals surface area contributed by atoms with Gasteiger partial charge in [-0.2, -0.15) is 0 Å². The van der Waals surface area contributed by atoms with E-state index in [0.717, 1.165) is 10.0 Å². The van der Waals surface area contributed by atoms with Crippen molar-refractivity contribution in [1.82, 2.24) is 5.43 Å². The van der Waals surface area contributed by atoms with Crippen LogP contribution in [0.15, 0.2) is 28.0 Å². The number of nitroso groups, excluding NO2 is 1. The molecule has 64 valence electrons. The van der Waals surface area contributed by atoms with E-state index in [9.17, 15) is 4.91 Å². The second kappa shape index (κ2) is 4.42. The van der Waals surface area contributed by atoms with Crippen LogP contribution >= 0.6 is 27.5 Å². The van der Waals surface area contributed by atoms with Gasteiger partial charge in [-0.1, -0.05) is 17.7 Å². The van der Waals surface area contributed by atoms with E-state index in [1.807, 2.05) is 12.1 Å². The second-order valence-corrected chi connectivity index (χ2v) is 3.44. The highest BCUT2D eigenvalue weighted by atomic mass is 79.9. The van der Waals surface area contributed by atoms with Crippen molar-refractivity contribution in [1.29, 1.82) is 0 Å². The van der Waals surface area contributed by atoms with E-state index in [0.29, 0.717) is 11.6 Å². The van der Waals surface area contributed by atoms with Crippen LogP contribution in [0.2, 0.25) is 5.02 Å². The molecule has 0 unspecified atom stereocenters. The molecular weight excluding hydrogens is 243 g/mol. The van der Waals surface area contributed by atoms with E-state index in [4.69, 9.17) is 11.6 Å². The SMILES string of the molecule is O=NNCc1ccc(Br)c(Cl)c1. The fourth-order valence-electron chi connectivity index (χ4n) is 0.773. The summed E-state index contributed by atoms with van der Waals surface area (Å²) in [5, 5.41) is 3.15. The minimum atomic E-state index is 0.399. The summed E-state index contributed by atoms with van der Waals surface area (Å²) in [6.07, 6.45) is 0. The maximum absolute atomic E-state index is 9.73. The molecule has 1 N–H and O–H groups in total. The van der Waals surface area contributed by atoms with E-state index in [1.54, 1.807) is 6.07 Å². The van der Waals surface area contributed by atoms with Crippen LogP contribution in [0.1, 0.15) is 5.56 Å². The smallest absolute Gasteiger partial charge is 0.0612 e. The first kappa shape index (κ1) is 9.48. The highest BCUT2D eigenvalue weighted by molar-refractivity contribution is 9.10. The Kier molecular flexibility index (Phi) is 3.49. The molecule has 1 aromatic carbocycles. The van der Waals surface area contributed by atoms with Crippen LogP contribution in [0, 0.1) is 4.91 Å². The Morgan fingerprint density at radius 2 is 2.33 bits per heavy atom. The summed E-state index contributed by atoms with van der Waals surface area (Å²) in [6.45, 7) is 0.399. The van der Waals surface area contributed by atoms with Crippen molar-refractivity contribution < 1.29 is 0 Å². The third kappa shape index (κ3) is 2.46. The first-order chi connectivity index (χ1) is 5.74. The van der Waals surface area contributed by atoms with E-state index in [-0.39, 0.29) is 0 Å². The van der Waals surface area contributed by atoms with Crippen molar-refractivity contribution in [3.05, 3.63) is 38.2 Å². The van der Waals surface area contributed by atoms with Crippen molar-refractivity contribution in [3.8, 4) is 0 Å². The van der Waals surface area contributed by atoms with Crippen molar-refractivity contribution in [2.75, 3.05) is 0 Å². The van der Waals surface area contributed by atoms with Crippen LogP contribution in [0.5, 0.6) is 0 Å². The van der Waals surface area contributed by atoms with Gasteiger partial charge < -0.3 is 0 Å². The number of nitrogens with one attached hydrogen (secondary N) is 1. The van der Waals surface area contributed by atoms with Crippen LogP contribution in [0.25, 0.3) is 0 Å². The topological polar surface area (TPSA) is 41.5 Å². The second-order valence-electron chi connectivity index (χ2n) is 2.17. The lowest BCUT2D eigenvalue weighted by molar-refractivity contribution is 0.736. The molecule has 3 nitrogen and oxygen atoms in total. The highest BCUT2D eigenvalue weighted by Gasteiger charge is 1.97. The predicted molar refractivity (Wildman–Crippen MR) is 51.8 cm³/mol. The maximum Gasteiger partial charge on any atom is 0.0612 e. The summed E-state index contributed by atoms with van der Waals surface area (Å²) in [4.78, 5) is 9.73. The monoisotopic (exact) mass is 248 g/mol. The van der Waals surface area contributed by atoms with Gasteiger partial charge in [-0.3, -0.25) is 5.43 Å². The van der Waals surface area contributed by atoms with Crippen LogP contribution < -0.4 is 5.43 Å². The summed E-state index contributed by atoms with van der Waals surface area (Å²) in [6, 6.07) is 5.45. The molecule has 0 bridgehead atoms. The number of nitrogens with zero attached hydrogens (tertiary/aromatic N) is 1. The summed E-state index contributed by atoms with van der Waals surface area (Å²) in [5.41, 5.74) is 3.23. The number of benzene rings is 1. The quantitative estimate of drug-likeness (QED) is 0.661. The van der Waals surface area contributed by atoms with E-state index in [1.165, 1.54) is 0 Å². The zero-order chi connectivity index (χ0) is 8.97. The molecule has 0 heterocycles. The lowest BCUT2D eigenvalue weighted by Gasteiger charge is -2.00. The van der Waals surface area contributed by atoms with E-state index in [2.05, 4.69) is 26.6 Å². The Labute approximate surface area is 83.2 Å². The lowest BCUT2D eigenvalue weighted by Crippen LogP contribution is -2.02. The average Bonchev–Trinajstić information content (AvgIpc) is 2.07. The summed E-state index contributed by atoms with van der Waals surface area (Å²) < 4.78 is 0.840. The first-order valence-corrected chi connectivity index (χ1v) is 4.40. The van der Waals surface area contributed by atoms with Gasteiger partial charge in [0, 0.05) is 9.76 Å². The molecule has 0 amide bonds. The van der Waals surface area contributed by atoms with Gasteiger partial charge in [0.15, 0.2) is 0 Å². The molecule has 0 aromatic heterocycles. The van der Waals surface area contributed by atoms with Crippen LogP contribution in [-0.4, -0.2) is 0 Å². The molecule has 1 rings (SSSR count). The third-order valence-electron chi connectivity index (χ3n) is 1.33. The van der Waals surface area contributed by atoms with Crippen molar-refractivity contribution in [2.24, 2.45) is 5.29 Å². The Bertz CT molecular complexity index is 293. The van der Waals surface area contributed by atoms with Gasteiger partial charge in [0.25, 0.3) is 0 Å². The van der Waals surface area contributed by atoms with Gasteiger partial charge in [-0.25, -0.2) is 0 Å². The Morgan fingerprint density at radius 3 is 2.92 bits per heavy atom. The Balaban J connectivity index is 2.75. The van der Waals surface area contributed by atoms with Gasteiger partial charge in [0.05, 0.1) is 11.6 Å². The maximum atomic E-state index is 9.73. The number of rotatable bonds is 3. The molecule has 0 fully saturated rings. The van der Waals surface area contributed by atoms with E-state index < -0.39 is 0 Å². The summed E-state index contributed by atoms with van der Waals surface area (Å²) in [7, 11) is 0. The van der Waals surface area contributed by atoms with Crippen LogP contribution in [0.3, 0.4) is 0 Å². The molecule has 0 aliphatic carbocycles. The van der Waals surface area contributed by atoms with Crippen LogP contribution in [-0.2, 0) is 6.54 Å². The molecule has 1 aromatic rings. The zero-order valence-corrected chi connectivity index (χ0v) is 8.39. The summed E-state index contributed by atoms with van der Waals surface area (Å²) >= 11 is 9.07. The Hall–Kier alpha value is -0.610. The summed E-state index contributed by atoms with van der Waals surface area (Å²) in [5.74, 6) is 0. The minimum absolute atomic E-state index is 0.399. The fourth-order valence-corrected chi connectivity index (χ4v) is 1.22. The Morgan fingerprint density at radius 1 is 1.58 bits per heavy atom. The first-order valence-electron chi connectivity index (χ1n) is 3.23. The molecule has 0 aliphatic heterocycles. The van der Waals surface area contributed by atoms with Gasteiger partial charge in [0.1, 0.15) is 0 Å². The molecule has 0 radical (unpaired) electrons. The van der Waals surface area contributed by atoms with Gasteiger partial charge in [-0.05, 0) is 33.6 Å². The third-order valence-corrected chi connectivity index (χ3v) is 2.56. The van der Waals surface area contributed by atoms with Crippen molar-refractivity contribution in [2.45, 2.75) is 6.54 Å². The fraction of sp³-hybridized carbons (Fsp3) is 0.143. The number of halogens is 2. The normalized spacial score (nSPS) is 9.50. The highest BCUT2D eigenvalue weighted by Crippen LogP contribution is 2.22. The molecule has 0 atom stereocenters.